The molecule has 2 heterocycles. The Balaban J connectivity index is 1.73. The van der Waals surface area contributed by atoms with E-state index in [4.69, 9.17) is 18.9 Å². The molecule has 2 aliphatic heterocycles. The number of ketones is 3. The number of fused-ring (bicyclic) bond motifs is 3. The molecule has 0 N–H and O–H groups in total. The van der Waals surface area contributed by atoms with Gasteiger partial charge in [-0.3, -0.25) is 19.2 Å². The van der Waals surface area contributed by atoms with E-state index in [9.17, 15) is 19.2 Å². The number of hydrogen-bond donors (Lipinski definition) is 0. The minimum absolute atomic E-state index is 0.0201. The normalized spacial score (nSPS) is 27.7. The van der Waals surface area contributed by atoms with Crippen LogP contribution >= 0.6 is 0 Å². The van der Waals surface area contributed by atoms with E-state index in [0.29, 0.717) is 28.2 Å². The second kappa shape index (κ2) is 5.79. The van der Waals surface area contributed by atoms with E-state index in [0.717, 1.165) is 0 Å². The number of benzene rings is 1. The first-order valence-electron chi connectivity index (χ1n) is 8.70. The summed E-state index contributed by atoms with van der Waals surface area (Å²) < 4.78 is 21.0. The lowest BCUT2D eigenvalue weighted by molar-refractivity contribution is -0.141. The lowest BCUT2D eigenvalue weighted by atomic mass is 9.66. The summed E-state index contributed by atoms with van der Waals surface area (Å²) >= 11 is 0. The molecule has 5 rings (SSSR count). The highest BCUT2D eigenvalue weighted by Gasteiger charge is 2.53. The fourth-order valence-corrected chi connectivity index (χ4v) is 4.28. The number of methoxy groups -OCH3 is 1. The zero-order valence-electron chi connectivity index (χ0n) is 14.7. The summed E-state index contributed by atoms with van der Waals surface area (Å²) in [6, 6.07) is 3.26. The molecule has 0 aromatic heterocycles. The van der Waals surface area contributed by atoms with Crippen LogP contribution in [-0.4, -0.2) is 43.8 Å². The van der Waals surface area contributed by atoms with E-state index in [1.165, 1.54) is 19.3 Å². The van der Waals surface area contributed by atoms with Gasteiger partial charge in [0, 0.05) is 11.5 Å². The molecule has 2 aliphatic carbocycles. The maximum atomic E-state index is 13.0. The molecule has 3 atom stereocenters. The first-order chi connectivity index (χ1) is 13.5. The van der Waals surface area contributed by atoms with Gasteiger partial charge in [0.15, 0.2) is 23.0 Å². The molecular weight excluding hydrogens is 368 g/mol. The number of carbonyl (C=O) groups excluding carboxylic acids is 4. The predicted molar refractivity (Wildman–Crippen MR) is 90.8 cm³/mol. The van der Waals surface area contributed by atoms with Crippen molar-refractivity contribution in [2.75, 3.05) is 20.5 Å². The Kier molecular flexibility index (Phi) is 3.46. The third-order valence-electron chi connectivity index (χ3n) is 5.57. The number of hydrogen-bond acceptors (Lipinski definition) is 8. The van der Waals surface area contributed by atoms with Crippen LogP contribution in [0.15, 0.2) is 35.6 Å². The van der Waals surface area contributed by atoms with Gasteiger partial charge in [-0.2, -0.15) is 0 Å². The summed E-state index contributed by atoms with van der Waals surface area (Å²) in [5.74, 6) is -3.53. The molecule has 0 unspecified atom stereocenters. The van der Waals surface area contributed by atoms with Crippen LogP contribution in [0.5, 0.6) is 11.5 Å². The molecule has 142 valence electrons. The van der Waals surface area contributed by atoms with Crippen molar-refractivity contribution in [1.29, 1.82) is 0 Å². The standard InChI is InChI=1S/C20H14O8/c1-25-15-3-8(2-12(21)19(15)23)16-9-4-13-14(28-7-27-13)5-10(9)18(22)11-6-26-20(24)17(11)16/h2-5,11,16-17H,6-7H2,1H3/t11-,16+,17-/m1/s1. The topological polar surface area (TPSA) is 105 Å². The van der Waals surface area contributed by atoms with Crippen molar-refractivity contribution in [1.82, 2.24) is 0 Å². The molecule has 8 nitrogen and oxygen atoms in total. The van der Waals surface area contributed by atoms with E-state index in [-0.39, 0.29) is 24.9 Å². The van der Waals surface area contributed by atoms with E-state index in [2.05, 4.69) is 0 Å². The Morgan fingerprint density at radius 2 is 1.75 bits per heavy atom. The summed E-state index contributed by atoms with van der Waals surface area (Å²) in [7, 11) is 1.29. The van der Waals surface area contributed by atoms with Crippen LogP contribution in [0.3, 0.4) is 0 Å². The van der Waals surface area contributed by atoms with Gasteiger partial charge < -0.3 is 18.9 Å². The third kappa shape index (κ3) is 2.17. The monoisotopic (exact) mass is 382 g/mol. The summed E-state index contributed by atoms with van der Waals surface area (Å²) in [6.45, 7) is 0.0170. The van der Waals surface area contributed by atoms with Gasteiger partial charge >= 0.3 is 5.97 Å². The molecule has 1 fully saturated rings. The van der Waals surface area contributed by atoms with Crippen LogP contribution in [0.25, 0.3) is 0 Å². The van der Waals surface area contributed by atoms with Crippen molar-refractivity contribution in [3.8, 4) is 11.5 Å². The van der Waals surface area contributed by atoms with Crippen molar-refractivity contribution in [3.05, 3.63) is 46.7 Å². The van der Waals surface area contributed by atoms with Crippen molar-refractivity contribution < 1.29 is 38.1 Å². The minimum atomic E-state index is -0.790. The highest BCUT2D eigenvalue weighted by atomic mass is 16.7. The summed E-state index contributed by atoms with van der Waals surface area (Å²) in [5.41, 5.74) is 1.35. The minimum Gasteiger partial charge on any atom is -0.492 e. The second-order valence-corrected chi connectivity index (χ2v) is 6.95. The maximum Gasteiger partial charge on any atom is 0.310 e. The van der Waals surface area contributed by atoms with E-state index in [1.807, 2.05) is 0 Å². The quantitative estimate of drug-likeness (QED) is 0.425. The highest BCUT2D eigenvalue weighted by molar-refractivity contribution is 6.47. The fraction of sp³-hybridized carbons (Fsp3) is 0.300. The molecule has 28 heavy (non-hydrogen) atoms. The first-order valence-corrected chi connectivity index (χ1v) is 8.70. The van der Waals surface area contributed by atoms with Crippen molar-refractivity contribution in [3.63, 3.8) is 0 Å². The van der Waals surface area contributed by atoms with Crippen molar-refractivity contribution in [2.45, 2.75) is 5.92 Å². The molecule has 0 amide bonds. The van der Waals surface area contributed by atoms with Gasteiger partial charge in [-0.25, -0.2) is 0 Å². The van der Waals surface area contributed by atoms with E-state index < -0.39 is 35.3 Å². The average Bonchev–Trinajstić information content (AvgIpc) is 3.30. The predicted octanol–water partition coefficient (Wildman–Crippen LogP) is 1.09. The lowest BCUT2D eigenvalue weighted by Gasteiger charge is -2.33. The largest absolute Gasteiger partial charge is 0.492 e. The van der Waals surface area contributed by atoms with Gasteiger partial charge in [0.1, 0.15) is 6.61 Å². The number of esters is 1. The van der Waals surface area contributed by atoms with Gasteiger partial charge in [-0.1, -0.05) is 0 Å². The number of carbonyl (C=O) groups is 4. The number of Topliss-reactive ketones (excluding diaryl/α,β-unsaturated/α-hetero) is 2. The van der Waals surface area contributed by atoms with Gasteiger partial charge in [-0.15, -0.1) is 0 Å². The van der Waals surface area contributed by atoms with E-state index >= 15 is 0 Å². The Bertz CT molecular complexity index is 1030. The van der Waals surface area contributed by atoms with Crippen LogP contribution in [0, 0.1) is 11.8 Å². The van der Waals surface area contributed by atoms with Crippen LogP contribution < -0.4 is 9.47 Å². The second-order valence-electron chi connectivity index (χ2n) is 6.95. The smallest absolute Gasteiger partial charge is 0.310 e. The molecule has 0 saturated carbocycles. The number of ether oxygens (including phenoxy) is 4. The first kappa shape index (κ1) is 16.7. The summed E-state index contributed by atoms with van der Waals surface area (Å²) in [4.78, 5) is 49.6. The molecule has 0 bridgehead atoms. The van der Waals surface area contributed by atoms with Crippen LogP contribution in [0.2, 0.25) is 0 Å². The Hall–Kier alpha value is -3.42. The highest BCUT2D eigenvalue weighted by Crippen LogP contribution is 2.51. The Morgan fingerprint density at radius 3 is 2.50 bits per heavy atom. The number of allylic oxidation sites excluding steroid dienone is 4. The zero-order chi connectivity index (χ0) is 19.6. The molecule has 1 aromatic carbocycles. The molecule has 0 radical (unpaired) electrons. The van der Waals surface area contributed by atoms with Gasteiger partial charge in [-0.05, 0) is 35.4 Å². The van der Waals surface area contributed by atoms with Crippen LogP contribution in [0.1, 0.15) is 21.8 Å². The summed E-state index contributed by atoms with van der Waals surface area (Å²) in [5, 5.41) is 0. The maximum absolute atomic E-state index is 13.0. The van der Waals surface area contributed by atoms with Crippen molar-refractivity contribution in [2.24, 2.45) is 11.8 Å². The third-order valence-corrected chi connectivity index (χ3v) is 5.57. The van der Waals surface area contributed by atoms with Gasteiger partial charge in [0.25, 0.3) is 5.78 Å². The summed E-state index contributed by atoms with van der Waals surface area (Å²) in [6.07, 6.45) is 2.64. The average molecular weight is 382 g/mol. The molecule has 1 aromatic rings. The lowest BCUT2D eigenvalue weighted by Crippen LogP contribution is -2.37. The number of rotatable bonds is 2. The van der Waals surface area contributed by atoms with Gasteiger partial charge in [0.2, 0.25) is 12.6 Å². The van der Waals surface area contributed by atoms with Gasteiger partial charge in [0.05, 0.1) is 18.9 Å². The molecule has 1 saturated heterocycles. The molecule has 4 aliphatic rings. The fourth-order valence-electron chi connectivity index (χ4n) is 4.28. The Labute approximate surface area is 158 Å². The molecule has 0 spiro atoms. The van der Waals surface area contributed by atoms with Crippen LogP contribution in [-0.2, 0) is 23.9 Å². The van der Waals surface area contributed by atoms with E-state index in [1.54, 1.807) is 12.1 Å². The molecular formula is C20H14O8. The molecule has 8 heteroatoms. The number of cyclic esters (lactones) is 1. The SMILES string of the molecule is COC1=CC([C@H]2c3cc4c(cc3C(=O)[C@@H]3COC(=O)[C@H]32)OCO4)=CC(=O)C1=O. The Morgan fingerprint density at radius 1 is 1.00 bits per heavy atom. The van der Waals surface area contributed by atoms with Crippen LogP contribution in [0.4, 0.5) is 0 Å². The zero-order valence-corrected chi connectivity index (χ0v) is 14.7. The van der Waals surface area contributed by atoms with Crippen molar-refractivity contribution >= 4 is 23.3 Å².